The van der Waals surface area contributed by atoms with Crippen LogP contribution in [-0.4, -0.2) is 77.6 Å². The fourth-order valence-electron chi connectivity index (χ4n) is 4.79. The molecule has 1 aromatic heterocycles. The lowest BCUT2D eigenvalue weighted by atomic mass is 9.93. The highest BCUT2D eigenvalue weighted by molar-refractivity contribution is 6.44. The number of H-pyrrole nitrogens is 1. The second-order valence-corrected chi connectivity index (χ2v) is 12.3. The smallest absolute Gasteiger partial charge is 0.339 e. The number of benzene rings is 2. The van der Waals surface area contributed by atoms with E-state index in [1.165, 1.54) is 13.2 Å². The van der Waals surface area contributed by atoms with Crippen LogP contribution < -0.4 is 20.5 Å². The van der Waals surface area contributed by atoms with Crippen molar-refractivity contribution < 1.29 is 29.0 Å². The summed E-state index contributed by atoms with van der Waals surface area (Å²) in [5.74, 6) is 0.259. The van der Waals surface area contributed by atoms with Gasteiger partial charge in [-0.1, -0.05) is 50.0 Å². The fraction of sp³-hybridized carbons (Fsp3) is 0.424. The number of likely N-dealkylation sites (tertiary alicyclic amines) is 1. The van der Waals surface area contributed by atoms with Crippen molar-refractivity contribution in [2.75, 3.05) is 33.3 Å². The lowest BCUT2D eigenvalue weighted by molar-refractivity contribution is -0.132. The van der Waals surface area contributed by atoms with E-state index >= 15 is 0 Å². The van der Waals surface area contributed by atoms with Crippen molar-refractivity contribution in [1.29, 1.82) is 0 Å². The number of aromatic amines is 1. The van der Waals surface area contributed by atoms with E-state index in [0.717, 1.165) is 30.8 Å². The Bertz CT molecular complexity index is 1550. The Morgan fingerprint density at radius 3 is 2.47 bits per heavy atom. The number of aromatic carboxylic acids is 1. The fourth-order valence-corrected chi connectivity index (χ4v) is 5.26. The normalized spacial score (nSPS) is 13.3. The average Bonchev–Trinajstić information content (AvgIpc) is 3.54. The van der Waals surface area contributed by atoms with Crippen LogP contribution in [-0.2, 0) is 16.2 Å². The van der Waals surface area contributed by atoms with E-state index in [0.29, 0.717) is 40.7 Å². The maximum atomic E-state index is 12.6. The number of nitrogens with two attached hydrogens (primary N) is 1. The van der Waals surface area contributed by atoms with E-state index in [2.05, 4.69) is 41.3 Å². The van der Waals surface area contributed by atoms with Crippen LogP contribution in [0.15, 0.2) is 41.4 Å². The predicted molar refractivity (Wildman–Crippen MR) is 183 cm³/mol. The van der Waals surface area contributed by atoms with Gasteiger partial charge in [0.25, 0.3) is 0 Å². The largest absolute Gasteiger partial charge is 0.496 e. The molecule has 2 amide bonds. The molecule has 0 atom stereocenters. The molecule has 2 aromatic carbocycles. The summed E-state index contributed by atoms with van der Waals surface area (Å²) in [6.07, 6.45) is 2.83. The molecular weight excluding hydrogens is 647 g/mol. The highest BCUT2D eigenvalue weighted by Gasteiger charge is 2.26. The Morgan fingerprint density at radius 2 is 1.83 bits per heavy atom. The van der Waals surface area contributed by atoms with Crippen molar-refractivity contribution in [1.82, 2.24) is 20.4 Å². The maximum absolute atomic E-state index is 12.6. The third-order valence-corrected chi connectivity index (χ3v) is 7.96. The molecule has 5 N–H and O–H groups in total. The van der Waals surface area contributed by atoms with E-state index < -0.39 is 5.97 Å². The third-order valence-electron chi connectivity index (χ3n) is 7.10. The highest BCUT2D eigenvalue weighted by atomic mass is 35.5. The lowest BCUT2D eigenvalue weighted by Crippen LogP contribution is -2.39. The number of piperidine rings is 1. The summed E-state index contributed by atoms with van der Waals surface area (Å²) in [7, 11) is 1.40. The Hall–Kier alpha value is -4.29. The van der Waals surface area contributed by atoms with Gasteiger partial charge in [0.05, 0.1) is 24.2 Å². The number of methoxy groups -OCH3 is 1. The third kappa shape index (κ3) is 10.9. The number of carbonyl (C=O) groups excluding carboxylic acids is 2. The minimum Gasteiger partial charge on any atom is -0.496 e. The quantitative estimate of drug-likeness (QED) is 0.142. The number of amides is 2. The van der Waals surface area contributed by atoms with Crippen LogP contribution in [0.4, 0.5) is 0 Å². The molecule has 0 saturated carbocycles. The van der Waals surface area contributed by atoms with E-state index in [1.54, 1.807) is 24.3 Å². The summed E-state index contributed by atoms with van der Waals surface area (Å²) in [6.45, 7) is 8.03. The van der Waals surface area contributed by atoms with Gasteiger partial charge >= 0.3 is 5.97 Å². The Kier molecular flexibility index (Phi) is 14.4. The van der Waals surface area contributed by atoms with Gasteiger partial charge in [0.2, 0.25) is 11.8 Å². The average molecular weight is 690 g/mol. The van der Waals surface area contributed by atoms with Crippen LogP contribution in [0, 0.1) is 5.92 Å². The number of rotatable bonds is 12. The maximum Gasteiger partial charge on any atom is 0.339 e. The number of ether oxygens (including phenoxy) is 2. The molecule has 0 spiro atoms. The summed E-state index contributed by atoms with van der Waals surface area (Å²) in [5, 5.41) is 20.0. The molecule has 1 fully saturated rings. The predicted octanol–water partition coefficient (Wildman–Crippen LogP) is 5.53. The van der Waals surface area contributed by atoms with Crippen LogP contribution in [0.2, 0.25) is 10.0 Å². The number of aromatic nitrogens is 2. The monoisotopic (exact) mass is 688 g/mol. The van der Waals surface area contributed by atoms with Crippen molar-refractivity contribution in [2.24, 2.45) is 16.6 Å². The number of carboxylic acid groups (broad SMARTS) is 1. The van der Waals surface area contributed by atoms with Crippen LogP contribution in [0.25, 0.3) is 11.3 Å². The zero-order chi connectivity index (χ0) is 34.5. The summed E-state index contributed by atoms with van der Waals surface area (Å²) < 4.78 is 11.0. The molecule has 0 bridgehead atoms. The van der Waals surface area contributed by atoms with Gasteiger partial charge in [0.1, 0.15) is 35.2 Å². The summed E-state index contributed by atoms with van der Waals surface area (Å²) in [6, 6.07) is 10.1. The van der Waals surface area contributed by atoms with Gasteiger partial charge in [-0.25, -0.2) is 4.79 Å². The first-order valence-corrected chi connectivity index (χ1v) is 16.0. The molecule has 0 unspecified atom stereocenters. The minimum atomic E-state index is -1.08. The Balaban J connectivity index is 0.00000142. The van der Waals surface area contributed by atoms with Crippen LogP contribution in [0.1, 0.15) is 67.6 Å². The zero-order valence-electron chi connectivity index (χ0n) is 27.0. The molecule has 2 heterocycles. The number of carbonyl (C=O) groups is 3. The lowest BCUT2D eigenvalue weighted by Gasteiger charge is -2.31. The van der Waals surface area contributed by atoms with Crippen LogP contribution in [0.3, 0.4) is 0 Å². The first-order valence-electron chi connectivity index (χ1n) is 15.3. The second kappa shape index (κ2) is 18.2. The van der Waals surface area contributed by atoms with E-state index in [1.807, 2.05) is 11.0 Å². The van der Waals surface area contributed by atoms with Gasteiger partial charge < -0.3 is 30.5 Å². The van der Waals surface area contributed by atoms with Crippen molar-refractivity contribution in [2.45, 2.75) is 52.6 Å². The van der Waals surface area contributed by atoms with Gasteiger partial charge in [-0.15, -0.1) is 0 Å². The van der Waals surface area contributed by atoms with Crippen molar-refractivity contribution in [3.05, 3.63) is 63.3 Å². The molecule has 1 aliphatic rings. The molecular formula is C33H42Cl2N6O6. The molecule has 12 nitrogen and oxygen atoms in total. The highest BCUT2D eigenvalue weighted by Crippen LogP contribution is 2.40. The Labute approximate surface area is 284 Å². The molecule has 3 aromatic rings. The summed E-state index contributed by atoms with van der Waals surface area (Å²) in [4.78, 5) is 40.9. The molecule has 47 heavy (non-hydrogen) atoms. The molecule has 4 rings (SSSR count). The standard InChI is InChI=1S/C29H32Cl2N6O6.C4H10/c1-42-24-12-17(2-3-20(24)29(40)41)15-43-23-5-4-19(27(30)28(23)31)22-13-21(35-36-22)18-7-10-37(11-8-18)26(39)6-9-34-25(38)14-33-16-32;1-4(2)3/h2-5,12-13,16,18H,6-11,14-15H2,1H3,(H2,32,33)(H,34,38)(H,35,36)(H,40,41);4H,1-3H3. The first-order chi connectivity index (χ1) is 22.4. The summed E-state index contributed by atoms with van der Waals surface area (Å²) >= 11 is 13.2. The minimum absolute atomic E-state index is 0.00785. The number of carboxylic acids is 1. The number of hydrogen-bond donors (Lipinski definition) is 4. The number of nitrogens with zero attached hydrogens (tertiary/aromatic N) is 3. The number of aliphatic imine (C=N–C) groups is 1. The van der Waals surface area contributed by atoms with Crippen molar-refractivity contribution in [3.8, 4) is 22.8 Å². The van der Waals surface area contributed by atoms with E-state index in [-0.39, 0.29) is 60.2 Å². The number of nitrogens with one attached hydrogen (secondary N) is 2. The van der Waals surface area contributed by atoms with Gasteiger partial charge in [0.15, 0.2) is 0 Å². The summed E-state index contributed by atoms with van der Waals surface area (Å²) in [5.41, 5.74) is 8.10. The van der Waals surface area contributed by atoms with Crippen LogP contribution >= 0.6 is 23.2 Å². The molecule has 0 aliphatic carbocycles. The first kappa shape index (κ1) is 37.2. The zero-order valence-corrected chi connectivity index (χ0v) is 28.5. The second-order valence-electron chi connectivity index (χ2n) is 11.6. The van der Waals surface area contributed by atoms with Gasteiger partial charge in [-0.2, -0.15) is 5.10 Å². The van der Waals surface area contributed by atoms with Crippen LogP contribution in [0.5, 0.6) is 11.5 Å². The number of hydrogen-bond acceptors (Lipinski definition) is 7. The molecule has 0 radical (unpaired) electrons. The van der Waals surface area contributed by atoms with Crippen molar-refractivity contribution >= 4 is 47.3 Å². The molecule has 14 heteroatoms. The molecule has 1 saturated heterocycles. The van der Waals surface area contributed by atoms with Gasteiger partial charge in [-0.05, 0) is 54.7 Å². The van der Waals surface area contributed by atoms with Crippen molar-refractivity contribution in [3.63, 3.8) is 0 Å². The molecule has 254 valence electrons. The van der Waals surface area contributed by atoms with E-state index in [9.17, 15) is 19.5 Å². The SMILES string of the molecule is CC(C)C.COc1cc(COc2ccc(-c3cc(C4CCN(C(=O)CCNC(=O)CN=CN)CC4)[nH]n3)c(Cl)c2Cl)ccc1C(=O)O. The van der Waals surface area contributed by atoms with Gasteiger partial charge in [0, 0.05) is 43.2 Å². The van der Waals surface area contributed by atoms with Gasteiger partial charge in [-0.3, -0.25) is 19.7 Å². The number of halogens is 2. The Morgan fingerprint density at radius 1 is 1.13 bits per heavy atom. The van der Waals surface area contributed by atoms with E-state index in [4.69, 9.17) is 38.4 Å². The molecule has 1 aliphatic heterocycles. The topological polar surface area (TPSA) is 172 Å².